The van der Waals surface area contributed by atoms with E-state index in [4.69, 9.17) is 4.74 Å². The monoisotopic (exact) mass is 486 g/mol. The number of carbonyl (C=O) groups excluding carboxylic acids is 2. The van der Waals surface area contributed by atoms with Crippen molar-refractivity contribution in [2.24, 2.45) is 22.7 Å². The number of allylic oxidation sites excluding steroid dienone is 4. The summed E-state index contributed by atoms with van der Waals surface area (Å²) in [5, 5.41) is 47.9. The van der Waals surface area contributed by atoms with Crippen LogP contribution in [0.1, 0.15) is 73.1 Å². The van der Waals surface area contributed by atoms with Gasteiger partial charge < -0.3 is 25.2 Å². The fourth-order valence-electron chi connectivity index (χ4n) is 8.44. The van der Waals surface area contributed by atoms with Gasteiger partial charge in [0, 0.05) is 23.8 Å². The molecule has 0 aromatic carbocycles. The number of fused-ring (bicyclic) bond motifs is 5. The minimum Gasteiger partial charge on any atom is -0.455 e. The van der Waals surface area contributed by atoms with Crippen LogP contribution >= 0.6 is 0 Å². The van der Waals surface area contributed by atoms with Gasteiger partial charge in [-0.25, -0.2) is 4.79 Å². The van der Waals surface area contributed by atoms with Crippen LogP contribution in [-0.2, 0) is 14.3 Å². The van der Waals surface area contributed by atoms with Crippen molar-refractivity contribution in [2.45, 2.75) is 102 Å². The smallest absolute Gasteiger partial charge is 0.334 e. The largest absolute Gasteiger partial charge is 0.455 e. The van der Waals surface area contributed by atoms with E-state index in [9.17, 15) is 30.0 Å². The number of hydrogen-bond acceptors (Lipinski definition) is 7. The zero-order valence-corrected chi connectivity index (χ0v) is 21.3. The van der Waals surface area contributed by atoms with Gasteiger partial charge in [-0.15, -0.1) is 0 Å². The molecule has 0 radical (unpaired) electrons. The Morgan fingerprint density at radius 3 is 2.49 bits per heavy atom. The molecule has 5 rings (SSSR count). The van der Waals surface area contributed by atoms with Gasteiger partial charge in [-0.05, 0) is 71.3 Å². The molecular weight excluding hydrogens is 448 g/mol. The quantitative estimate of drug-likeness (QED) is 0.349. The van der Waals surface area contributed by atoms with Crippen LogP contribution in [0.3, 0.4) is 0 Å². The summed E-state index contributed by atoms with van der Waals surface area (Å²) in [5.41, 5.74) is -5.33. The van der Waals surface area contributed by atoms with E-state index in [0.717, 1.165) is 11.1 Å². The van der Waals surface area contributed by atoms with E-state index in [1.807, 2.05) is 19.1 Å². The zero-order chi connectivity index (χ0) is 25.8. The van der Waals surface area contributed by atoms with Crippen LogP contribution < -0.4 is 0 Å². The van der Waals surface area contributed by atoms with Gasteiger partial charge in [0.1, 0.15) is 22.9 Å². The Bertz CT molecular complexity index is 1080. The molecule has 0 aromatic rings. The van der Waals surface area contributed by atoms with Gasteiger partial charge in [-0.3, -0.25) is 4.79 Å². The van der Waals surface area contributed by atoms with Crippen LogP contribution in [0.2, 0.25) is 0 Å². The second kappa shape index (κ2) is 7.37. The number of rotatable bonds is 2. The summed E-state index contributed by atoms with van der Waals surface area (Å²) in [6, 6.07) is 0. The third kappa shape index (κ3) is 2.76. The highest BCUT2D eigenvalue weighted by Crippen LogP contribution is 2.70. The van der Waals surface area contributed by atoms with E-state index in [1.54, 1.807) is 26.8 Å². The Kier molecular flexibility index (Phi) is 5.24. The van der Waals surface area contributed by atoms with Crippen LogP contribution in [0.4, 0.5) is 0 Å². The molecule has 4 aliphatic carbocycles. The van der Waals surface area contributed by atoms with Crippen molar-refractivity contribution in [2.75, 3.05) is 0 Å². The molecule has 0 aromatic heterocycles. The Balaban J connectivity index is 1.57. The summed E-state index contributed by atoms with van der Waals surface area (Å²) >= 11 is 0. The fourth-order valence-corrected chi connectivity index (χ4v) is 8.44. The molecule has 0 amide bonds. The van der Waals surface area contributed by atoms with Crippen LogP contribution in [-0.4, -0.2) is 61.2 Å². The molecule has 192 valence electrons. The molecule has 0 saturated heterocycles. The van der Waals surface area contributed by atoms with Crippen LogP contribution in [0.15, 0.2) is 34.9 Å². The standard InChI is InChI=1S/C28H38O7/c1-15-13-22(35-23(31)16(15)2)26(5,32)27(33)14-21(30)28(34)19-10-9-17-7-6-8-20(29)25(17,4)18(19)11-12-24(27,28)3/h6,8-9,18-19,21-22,30,32-34H,7,10-14H2,1-5H3/t18-,19+,21-,22+,24+,25-,26-,27-,28-/m0/s1. The number of hydrogen-bond donors (Lipinski definition) is 4. The Hall–Kier alpha value is -1.80. The van der Waals surface area contributed by atoms with E-state index >= 15 is 0 Å². The Labute approximate surface area is 206 Å². The lowest BCUT2D eigenvalue weighted by Crippen LogP contribution is -2.72. The molecule has 7 nitrogen and oxygen atoms in total. The van der Waals surface area contributed by atoms with E-state index in [-0.39, 0.29) is 24.5 Å². The number of carbonyl (C=O) groups is 2. The maximum atomic E-state index is 13.1. The summed E-state index contributed by atoms with van der Waals surface area (Å²) in [4.78, 5) is 25.6. The summed E-state index contributed by atoms with van der Waals surface area (Å²) in [7, 11) is 0. The lowest BCUT2D eigenvalue weighted by Gasteiger charge is -2.63. The van der Waals surface area contributed by atoms with Crippen LogP contribution in [0.5, 0.6) is 0 Å². The molecule has 2 saturated carbocycles. The number of ketones is 1. The first kappa shape index (κ1) is 24.9. The van der Waals surface area contributed by atoms with E-state index in [0.29, 0.717) is 31.3 Å². The Morgan fingerprint density at radius 2 is 1.83 bits per heavy atom. The molecule has 0 unspecified atom stereocenters. The van der Waals surface area contributed by atoms with Crippen molar-refractivity contribution in [1.29, 1.82) is 0 Å². The fraction of sp³-hybridized carbons (Fsp3) is 0.714. The molecule has 0 bridgehead atoms. The minimum absolute atomic E-state index is 0.0124. The van der Waals surface area contributed by atoms with Crippen molar-refractivity contribution in [3.63, 3.8) is 0 Å². The highest BCUT2D eigenvalue weighted by Gasteiger charge is 2.79. The first-order valence-corrected chi connectivity index (χ1v) is 12.8. The summed E-state index contributed by atoms with van der Waals surface area (Å²) in [5.74, 6) is -1.19. The maximum Gasteiger partial charge on any atom is 0.334 e. The molecule has 35 heavy (non-hydrogen) atoms. The zero-order valence-electron chi connectivity index (χ0n) is 21.3. The maximum absolute atomic E-state index is 13.1. The normalized spacial score (nSPS) is 49.0. The van der Waals surface area contributed by atoms with Crippen molar-refractivity contribution in [1.82, 2.24) is 0 Å². The van der Waals surface area contributed by atoms with Crippen molar-refractivity contribution in [3.05, 3.63) is 34.9 Å². The lowest BCUT2D eigenvalue weighted by atomic mass is 9.44. The second-order valence-electron chi connectivity index (χ2n) is 12.3. The van der Waals surface area contributed by atoms with Crippen molar-refractivity contribution >= 4 is 11.8 Å². The number of ether oxygens (including phenoxy) is 1. The SMILES string of the molecule is CC1=C(C)C(=O)O[C@@H]([C@](C)(O)[C@]2(O)C[C@H](O)[C@@]3(O)[C@@H]4CC=C5CC=CC(=O)[C@]5(C)[C@H]4CC[C@@]32C)C1. The summed E-state index contributed by atoms with van der Waals surface area (Å²) in [6.45, 7) is 8.60. The van der Waals surface area contributed by atoms with Crippen molar-refractivity contribution in [3.8, 4) is 0 Å². The van der Waals surface area contributed by atoms with E-state index < -0.39 is 51.7 Å². The first-order valence-electron chi connectivity index (χ1n) is 12.8. The molecular formula is C28H38O7. The minimum atomic E-state index is -1.93. The van der Waals surface area contributed by atoms with Gasteiger partial charge in [-0.2, -0.15) is 0 Å². The number of aliphatic hydroxyl groups excluding tert-OH is 1. The third-order valence-electron chi connectivity index (χ3n) is 11.1. The average molecular weight is 487 g/mol. The van der Waals surface area contributed by atoms with Crippen LogP contribution in [0.25, 0.3) is 0 Å². The number of esters is 1. The summed E-state index contributed by atoms with van der Waals surface area (Å²) in [6.07, 6.45) is 5.24. The third-order valence-corrected chi connectivity index (χ3v) is 11.1. The molecule has 5 aliphatic rings. The predicted octanol–water partition coefficient (Wildman–Crippen LogP) is 2.51. The van der Waals surface area contributed by atoms with Gasteiger partial charge >= 0.3 is 5.97 Å². The highest BCUT2D eigenvalue weighted by atomic mass is 16.6. The topological polar surface area (TPSA) is 124 Å². The van der Waals surface area contributed by atoms with Gasteiger partial charge in [-0.1, -0.05) is 30.2 Å². The molecule has 9 atom stereocenters. The lowest BCUT2D eigenvalue weighted by molar-refractivity contribution is -0.283. The first-order chi connectivity index (χ1) is 16.2. The average Bonchev–Trinajstić information content (AvgIpc) is 2.96. The van der Waals surface area contributed by atoms with Crippen molar-refractivity contribution < 1.29 is 34.8 Å². The van der Waals surface area contributed by atoms with Gasteiger partial charge in [0.25, 0.3) is 0 Å². The predicted molar refractivity (Wildman–Crippen MR) is 128 cm³/mol. The molecule has 4 N–H and O–H groups in total. The van der Waals surface area contributed by atoms with E-state index in [2.05, 4.69) is 0 Å². The number of aliphatic hydroxyl groups is 4. The Morgan fingerprint density at radius 1 is 1.14 bits per heavy atom. The highest BCUT2D eigenvalue weighted by molar-refractivity contribution is 5.98. The molecule has 7 heteroatoms. The molecule has 0 spiro atoms. The van der Waals surface area contributed by atoms with Crippen LogP contribution in [0, 0.1) is 22.7 Å². The van der Waals surface area contributed by atoms with E-state index in [1.165, 1.54) is 6.92 Å². The molecule has 1 aliphatic heterocycles. The van der Waals surface area contributed by atoms with Gasteiger partial charge in [0.2, 0.25) is 0 Å². The van der Waals surface area contributed by atoms with Gasteiger partial charge in [0.05, 0.1) is 11.5 Å². The summed E-state index contributed by atoms with van der Waals surface area (Å²) < 4.78 is 5.58. The van der Waals surface area contributed by atoms with Gasteiger partial charge in [0.15, 0.2) is 5.78 Å². The molecule has 1 heterocycles. The second-order valence-corrected chi connectivity index (χ2v) is 12.3. The number of cyclic esters (lactones) is 1. The molecule has 2 fully saturated rings.